The minimum atomic E-state index is -2.47. The second-order valence-corrected chi connectivity index (χ2v) is 5.65. The molecule has 0 aliphatic rings. The molecule has 0 saturated heterocycles. The Hall–Kier alpha value is -1.92. The summed E-state index contributed by atoms with van der Waals surface area (Å²) in [5, 5.41) is 12.6. The van der Waals surface area contributed by atoms with Crippen LogP contribution < -0.4 is 5.32 Å². The van der Waals surface area contributed by atoms with Crippen LogP contribution >= 0.6 is 11.8 Å². The Morgan fingerprint density at radius 1 is 1.09 bits per heavy atom. The molecule has 22 heavy (non-hydrogen) atoms. The lowest BCUT2D eigenvalue weighted by molar-refractivity contribution is -0.118. The van der Waals surface area contributed by atoms with Gasteiger partial charge in [0.15, 0.2) is 0 Å². The average Bonchev–Trinajstić information content (AvgIpc) is 2.49. The SMILES string of the molecule is O=C(CC(O)c1ccccc1)Nc1ccc(SC(F)F)cc1. The van der Waals surface area contributed by atoms with Gasteiger partial charge in [0.25, 0.3) is 5.76 Å². The van der Waals surface area contributed by atoms with Crippen molar-refractivity contribution in [1.29, 1.82) is 0 Å². The molecule has 1 atom stereocenters. The van der Waals surface area contributed by atoms with Crippen molar-refractivity contribution < 1.29 is 18.7 Å². The molecule has 0 heterocycles. The highest BCUT2D eigenvalue weighted by molar-refractivity contribution is 7.99. The Bertz CT molecular complexity index is 605. The molecular formula is C16H15F2NO2S. The summed E-state index contributed by atoms with van der Waals surface area (Å²) in [6, 6.07) is 15.0. The molecule has 0 aromatic heterocycles. The van der Waals surface area contributed by atoms with Crippen LogP contribution in [0.1, 0.15) is 18.1 Å². The summed E-state index contributed by atoms with van der Waals surface area (Å²) in [5.41, 5.74) is 1.17. The second-order valence-electron chi connectivity index (χ2n) is 4.58. The summed E-state index contributed by atoms with van der Waals surface area (Å²) in [4.78, 5) is 12.3. The molecule has 1 unspecified atom stereocenters. The number of halogens is 2. The van der Waals surface area contributed by atoms with E-state index >= 15 is 0 Å². The lowest BCUT2D eigenvalue weighted by Gasteiger charge is -2.11. The molecule has 2 aromatic rings. The van der Waals surface area contributed by atoms with E-state index in [1.807, 2.05) is 6.07 Å². The Morgan fingerprint density at radius 3 is 2.32 bits per heavy atom. The van der Waals surface area contributed by atoms with Gasteiger partial charge in [-0.05, 0) is 29.8 Å². The molecule has 116 valence electrons. The fourth-order valence-electron chi connectivity index (χ4n) is 1.90. The minimum absolute atomic E-state index is 0.0719. The lowest BCUT2D eigenvalue weighted by Crippen LogP contribution is -2.15. The predicted molar refractivity (Wildman–Crippen MR) is 83.0 cm³/mol. The molecule has 0 spiro atoms. The van der Waals surface area contributed by atoms with Crippen molar-refractivity contribution in [2.24, 2.45) is 0 Å². The first kappa shape index (κ1) is 16.5. The van der Waals surface area contributed by atoms with Crippen LogP contribution in [0.15, 0.2) is 59.5 Å². The number of rotatable bonds is 6. The molecule has 0 bridgehead atoms. The average molecular weight is 323 g/mol. The van der Waals surface area contributed by atoms with E-state index in [1.165, 1.54) is 12.1 Å². The summed E-state index contributed by atoms with van der Waals surface area (Å²) >= 11 is 0.448. The third-order valence-electron chi connectivity index (χ3n) is 2.93. The molecule has 6 heteroatoms. The molecule has 2 rings (SSSR count). The van der Waals surface area contributed by atoms with Crippen molar-refractivity contribution in [2.45, 2.75) is 23.2 Å². The van der Waals surface area contributed by atoms with Crippen molar-refractivity contribution in [3.05, 3.63) is 60.2 Å². The van der Waals surface area contributed by atoms with Gasteiger partial charge in [0, 0.05) is 10.6 Å². The fourth-order valence-corrected chi connectivity index (χ4v) is 2.40. The number of nitrogens with one attached hydrogen (secondary N) is 1. The van der Waals surface area contributed by atoms with Crippen molar-refractivity contribution in [3.8, 4) is 0 Å². The Morgan fingerprint density at radius 2 is 1.73 bits per heavy atom. The van der Waals surface area contributed by atoms with Gasteiger partial charge in [-0.2, -0.15) is 8.78 Å². The van der Waals surface area contributed by atoms with E-state index in [9.17, 15) is 18.7 Å². The Labute approximate surface area is 131 Å². The first-order valence-electron chi connectivity index (χ1n) is 6.62. The molecular weight excluding hydrogens is 308 g/mol. The number of carbonyl (C=O) groups excluding carboxylic acids is 1. The van der Waals surface area contributed by atoms with Gasteiger partial charge >= 0.3 is 0 Å². The maximum Gasteiger partial charge on any atom is 0.288 e. The highest BCUT2D eigenvalue weighted by atomic mass is 32.2. The maximum absolute atomic E-state index is 12.2. The van der Waals surface area contributed by atoms with Crippen molar-refractivity contribution >= 4 is 23.4 Å². The number of alkyl halides is 2. The molecule has 0 aliphatic carbocycles. The van der Waals surface area contributed by atoms with Crippen LogP contribution in [-0.4, -0.2) is 16.8 Å². The molecule has 2 aromatic carbocycles. The van der Waals surface area contributed by atoms with Crippen LogP contribution in [0.5, 0.6) is 0 Å². The normalized spacial score (nSPS) is 12.2. The quantitative estimate of drug-likeness (QED) is 0.788. The molecule has 0 radical (unpaired) electrons. The van der Waals surface area contributed by atoms with E-state index in [1.54, 1.807) is 36.4 Å². The number of hydrogen-bond donors (Lipinski definition) is 2. The van der Waals surface area contributed by atoms with E-state index < -0.39 is 11.9 Å². The highest BCUT2D eigenvalue weighted by Crippen LogP contribution is 2.26. The molecule has 0 fully saturated rings. The Kier molecular flexibility index (Phi) is 5.91. The van der Waals surface area contributed by atoms with Gasteiger partial charge in [-0.15, -0.1) is 0 Å². The first-order valence-corrected chi connectivity index (χ1v) is 7.50. The summed E-state index contributed by atoms with van der Waals surface area (Å²) in [6.07, 6.45) is -0.952. The Balaban J connectivity index is 1.89. The van der Waals surface area contributed by atoms with Gasteiger partial charge in [-0.25, -0.2) is 0 Å². The second kappa shape index (κ2) is 7.91. The smallest absolute Gasteiger partial charge is 0.288 e. The first-order chi connectivity index (χ1) is 10.5. The van der Waals surface area contributed by atoms with Gasteiger partial charge in [-0.1, -0.05) is 42.1 Å². The van der Waals surface area contributed by atoms with Crippen molar-refractivity contribution in [2.75, 3.05) is 5.32 Å². The summed E-state index contributed by atoms with van der Waals surface area (Å²) in [5.74, 6) is -2.81. The summed E-state index contributed by atoms with van der Waals surface area (Å²) in [6.45, 7) is 0. The molecule has 0 aliphatic heterocycles. The molecule has 3 nitrogen and oxygen atoms in total. The van der Waals surface area contributed by atoms with Crippen LogP contribution in [0.4, 0.5) is 14.5 Å². The van der Waals surface area contributed by atoms with Crippen molar-refractivity contribution in [1.82, 2.24) is 0 Å². The van der Waals surface area contributed by atoms with Crippen LogP contribution in [0.25, 0.3) is 0 Å². The van der Waals surface area contributed by atoms with Crippen LogP contribution in [-0.2, 0) is 4.79 Å². The number of thioether (sulfide) groups is 1. The number of hydrogen-bond acceptors (Lipinski definition) is 3. The van der Waals surface area contributed by atoms with Gasteiger partial charge in [-0.3, -0.25) is 4.79 Å². The lowest BCUT2D eigenvalue weighted by atomic mass is 10.1. The third-order valence-corrected chi connectivity index (χ3v) is 3.65. The standard InChI is InChI=1S/C16H15F2NO2S/c17-16(18)22-13-8-6-12(7-9-13)19-15(21)10-14(20)11-4-2-1-3-5-11/h1-9,14,16,20H,10H2,(H,19,21). The van der Waals surface area contributed by atoms with Gasteiger partial charge in [0.05, 0.1) is 12.5 Å². The van der Waals surface area contributed by atoms with Crippen molar-refractivity contribution in [3.63, 3.8) is 0 Å². The maximum atomic E-state index is 12.2. The minimum Gasteiger partial charge on any atom is -0.388 e. The molecule has 0 saturated carbocycles. The van der Waals surface area contributed by atoms with Gasteiger partial charge in [0.2, 0.25) is 5.91 Å². The zero-order chi connectivity index (χ0) is 15.9. The number of aliphatic hydroxyl groups excluding tert-OH is 1. The van der Waals surface area contributed by atoms with E-state index in [4.69, 9.17) is 0 Å². The van der Waals surface area contributed by atoms with Gasteiger partial charge < -0.3 is 10.4 Å². The summed E-state index contributed by atoms with van der Waals surface area (Å²) in [7, 11) is 0. The number of carbonyl (C=O) groups is 1. The largest absolute Gasteiger partial charge is 0.388 e. The third kappa shape index (κ3) is 5.13. The topological polar surface area (TPSA) is 49.3 Å². The van der Waals surface area contributed by atoms with Crippen LogP contribution in [0.3, 0.4) is 0 Å². The number of anilines is 1. The van der Waals surface area contributed by atoms with Crippen LogP contribution in [0.2, 0.25) is 0 Å². The zero-order valence-electron chi connectivity index (χ0n) is 11.6. The van der Waals surface area contributed by atoms with Crippen LogP contribution in [0, 0.1) is 0 Å². The monoisotopic (exact) mass is 323 g/mol. The van der Waals surface area contributed by atoms with E-state index in [0.717, 1.165) is 0 Å². The fraction of sp³-hybridized carbons (Fsp3) is 0.188. The molecule has 2 N–H and O–H groups in total. The number of aliphatic hydroxyl groups is 1. The summed E-state index contributed by atoms with van der Waals surface area (Å²) < 4.78 is 24.4. The molecule has 1 amide bonds. The highest BCUT2D eigenvalue weighted by Gasteiger charge is 2.13. The van der Waals surface area contributed by atoms with Gasteiger partial charge in [0.1, 0.15) is 0 Å². The predicted octanol–water partition coefficient (Wildman–Crippen LogP) is 4.06. The number of amides is 1. The van der Waals surface area contributed by atoms with E-state index in [0.29, 0.717) is 27.9 Å². The zero-order valence-corrected chi connectivity index (χ0v) is 12.4. The van der Waals surface area contributed by atoms with E-state index in [-0.39, 0.29) is 12.3 Å². The van der Waals surface area contributed by atoms with E-state index in [2.05, 4.69) is 5.32 Å². The number of benzene rings is 2.